The van der Waals surface area contributed by atoms with E-state index in [0.29, 0.717) is 0 Å². The first-order valence-electron chi connectivity index (χ1n) is 6.73. The highest BCUT2D eigenvalue weighted by Crippen LogP contribution is 2.20. The van der Waals surface area contributed by atoms with Crippen LogP contribution in [-0.4, -0.2) is 28.8 Å². The maximum Gasteiger partial charge on any atom is 0.122 e. The van der Waals surface area contributed by atoms with Crippen LogP contribution in [-0.2, 0) is 17.8 Å². The highest BCUT2D eigenvalue weighted by Gasteiger charge is 2.21. The minimum atomic E-state index is 0.753. The zero-order valence-corrected chi connectivity index (χ0v) is 10.3. The fraction of sp³-hybridized carbons (Fsp3) is 0.769. The van der Waals surface area contributed by atoms with Crippen LogP contribution < -0.4 is 5.32 Å². The van der Waals surface area contributed by atoms with Crippen molar-refractivity contribution in [1.29, 1.82) is 0 Å². The second-order valence-corrected chi connectivity index (χ2v) is 5.21. The Kier molecular flexibility index (Phi) is 3.43. The van der Waals surface area contributed by atoms with Crippen molar-refractivity contribution in [2.24, 2.45) is 5.92 Å². The van der Waals surface area contributed by atoms with E-state index in [9.17, 15) is 0 Å². The molecule has 2 fully saturated rings. The molecule has 0 bridgehead atoms. The molecule has 1 N–H and O–H groups in total. The second kappa shape index (κ2) is 5.19. The summed E-state index contributed by atoms with van der Waals surface area (Å²) in [5.74, 6) is 1.95. The molecule has 1 saturated heterocycles. The van der Waals surface area contributed by atoms with E-state index < -0.39 is 0 Å². The lowest BCUT2D eigenvalue weighted by Crippen LogP contribution is -2.23. The fourth-order valence-electron chi connectivity index (χ4n) is 2.40. The van der Waals surface area contributed by atoms with Crippen LogP contribution in [0.2, 0.25) is 0 Å². The van der Waals surface area contributed by atoms with Gasteiger partial charge in [0.15, 0.2) is 0 Å². The van der Waals surface area contributed by atoms with Gasteiger partial charge in [0, 0.05) is 38.2 Å². The van der Waals surface area contributed by atoms with Crippen LogP contribution in [0, 0.1) is 5.92 Å². The Labute approximate surface area is 102 Å². The summed E-state index contributed by atoms with van der Waals surface area (Å²) in [4.78, 5) is 4.45. The van der Waals surface area contributed by atoms with E-state index in [2.05, 4.69) is 21.1 Å². The van der Waals surface area contributed by atoms with Gasteiger partial charge in [0.2, 0.25) is 0 Å². The molecule has 1 saturated carbocycles. The Bertz CT molecular complexity index is 353. The Hall–Kier alpha value is -0.870. The summed E-state index contributed by atoms with van der Waals surface area (Å²) in [7, 11) is 0. The molecule has 1 aliphatic heterocycles. The summed E-state index contributed by atoms with van der Waals surface area (Å²) in [6.07, 6.45) is 9.07. The van der Waals surface area contributed by atoms with E-state index in [4.69, 9.17) is 4.74 Å². The van der Waals surface area contributed by atoms with Crippen molar-refractivity contribution < 1.29 is 4.74 Å². The molecule has 17 heavy (non-hydrogen) atoms. The molecule has 2 aliphatic rings. The van der Waals surface area contributed by atoms with E-state index in [1.807, 2.05) is 6.20 Å². The number of hydrogen-bond donors (Lipinski definition) is 1. The molecule has 1 aromatic heterocycles. The lowest BCUT2D eigenvalue weighted by molar-refractivity contribution is 0.0610. The summed E-state index contributed by atoms with van der Waals surface area (Å²) in [6, 6.07) is 0.753. The molecule has 94 valence electrons. The Morgan fingerprint density at radius 1 is 1.29 bits per heavy atom. The molecule has 0 radical (unpaired) electrons. The molecular formula is C13H21N3O. The highest BCUT2D eigenvalue weighted by molar-refractivity contribution is 4.94. The van der Waals surface area contributed by atoms with Gasteiger partial charge in [-0.25, -0.2) is 4.98 Å². The third kappa shape index (κ3) is 3.07. The minimum absolute atomic E-state index is 0.753. The van der Waals surface area contributed by atoms with Crippen molar-refractivity contribution in [1.82, 2.24) is 14.9 Å². The van der Waals surface area contributed by atoms with Crippen molar-refractivity contribution in [2.45, 2.75) is 44.8 Å². The van der Waals surface area contributed by atoms with Gasteiger partial charge in [-0.05, 0) is 31.6 Å². The minimum Gasteiger partial charge on any atom is -0.381 e. The van der Waals surface area contributed by atoms with Crippen LogP contribution in [0.4, 0.5) is 0 Å². The van der Waals surface area contributed by atoms with Gasteiger partial charge in [0.1, 0.15) is 5.82 Å². The van der Waals surface area contributed by atoms with Gasteiger partial charge in [-0.2, -0.15) is 0 Å². The summed E-state index contributed by atoms with van der Waals surface area (Å²) in [5.41, 5.74) is 0. The number of imidazole rings is 1. The number of ether oxygens (including phenoxy) is 1. The summed E-state index contributed by atoms with van der Waals surface area (Å²) in [5, 5.41) is 3.53. The van der Waals surface area contributed by atoms with Gasteiger partial charge in [-0.3, -0.25) is 0 Å². The second-order valence-electron chi connectivity index (χ2n) is 5.21. The zero-order valence-electron chi connectivity index (χ0n) is 10.3. The number of nitrogens with zero attached hydrogens (tertiary/aromatic N) is 2. The monoisotopic (exact) mass is 235 g/mol. The fourth-order valence-corrected chi connectivity index (χ4v) is 2.40. The molecule has 1 aliphatic carbocycles. The van der Waals surface area contributed by atoms with Crippen molar-refractivity contribution in [3.8, 4) is 0 Å². The Balaban J connectivity index is 1.55. The topological polar surface area (TPSA) is 39.1 Å². The summed E-state index contributed by atoms with van der Waals surface area (Å²) < 4.78 is 7.71. The highest BCUT2D eigenvalue weighted by atomic mass is 16.5. The zero-order chi connectivity index (χ0) is 11.5. The molecule has 1 aromatic rings. The Morgan fingerprint density at radius 2 is 2.12 bits per heavy atom. The first-order chi connectivity index (χ1) is 8.42. The predicted molar refractivity (Wildman–Crippen MR) is 65.6 cm³/mol. The molecule has 0 aromatic carbocycles. The molecule has 0 amide bonds. The summed E-state index contributed by atoms with van der Waals surface area (Å²) in [6.45, 7) is 3.87. The Morgan fingerprint density at radius 3 is 2.88 bits per heavy atom. The quantitative estimate of drug-likeness (QED) is 0.842. The van der Waals surface area contributed by atoms with Gasteiger partial charge in [-0.15, -0.1) is 0 Å². The van der Waals surface area contributed by atoms with Crippen LogP contribution >= 0.6 is 0 Å². The molecular weight excluding hydrogens is 214 g/mol. The van der Waals surface area contributed by atoms with Gasteiger partial charge in [-0.1, -0.05) is 0 Å². The van der Waals surface area contributed by atoms with Gasteiger partial charge in [0.05, 0.1) is 6.54 Å². The van der Waals surface area contributed by atoms with E-state index in [0.717, 1.165) is 38.3 Å². The van der Waals surface area contributed by atoms with Crippen LogP contribution in [0.3, 0.4) is 0 Å². The van der Waals surface area contributed by atoms with Crippen LogP contribution in [0.15, 0.2) is 12.4 Å². The van der Waals surface area contributed by atoms with Crippen LogP contribution in [0.25, 0.3) is 0 Å². The van der Waals surface area contributed by atoms with E-state index >= 15 is 0 Å². The standard InChI is InChI=1S/C13H21N3O/c1-2-12(1)15-9-13-14-5-6-16(13)10-11-3-7-17-8-4-11/h5-6,11-12,15H,1-4,7-10H2. The largest absolute Gasteiger partial charge is 0.381 e. The lowest BCUT2D eigenvalue weighted by atomic mass is 10.0. The molecule has 4 heteroatoms. The average Bonchev–Trinajstić information content (AvgIpc) is 3.09. The normalized spacial score (nSPS) is 21.9. The summed E-state index contributed by atoms with van der Waals surface area (Å²) >= 11 is 0. The maximum atomic E-state index is 5.40. The molecule has 2 heterocycles. The van der Waals surface area contributed by atoms with Crippen molar-refractivity contribution >= 4 is 0 Å². The number of hydrogen-bond acceptors (Lipinski definition) is 3. The smallest absolute Gasteiger partial charge is 0.122 e. The predicted octanol–water partition coefficient (Wildman–Crippen LogP) is 1.56. The van der Waals surface area contributed by atoms with Gasteiger partial charge >= 0.3 is 0 Å². The SMILES string of the molecule is c1cn(CC2CCOCC2)c(CNC2CC2)n1. The first kappa shape index (κ1) is 11.2. The lowest BCUT2D eigenvalue weighted by Gasteiger charge is -2.23. The number of aromatic nitrogens is 2. The van der Waals surface area contributed by atoms with Crippen molar-refractivity contribution in [3.63, 3.8) is 0 Å². The molecule has 0 atom stereocenters. The molecule has 3 rings (SSSR count). The van der Waals surface area contributed by atoms with E-state index in [1.165, 1.54) is 31.5 Å². The van der Waals surface area contributed by atoms with Crippen molar-refractivity contribution in [3.05, 3.63) is 18.2 Å². The van der Waals surface area contributed by atoms with Gasteiger partial charge < -0.3 is 14.6 Å². The van der Waals surface area contributed by atoms with E-state index in [1.54, 1.807) is 0 Å². The number of nitrogens with one attached hydrogen (secondary N) is 1. The van der Waals surface area contributed by atoms with Crippen LogP contribution in [0.5, 0.6) is 0 Å². The molecule has 0 unspecified atom stereocenters. The number of rotatable bonds is 5. The van der Waals surface area contributed by atoms with Gasteiger partial charge in [0.25, 0.3) is 0 Å². The van der Waals surface area contributed by atoms with E-state index in [-0.39, 0.29) is 0 Å². The van der Waals surface area contributed by atoms with Crippen LogP contribution in [0.1, 0.15) is 31.5 Å². The maximum absolute atomic E-state index is 5.40. The molecule has 0 spiro atoms. The third-order valence-corrected chi connectivity index (χ3v) is 3.72. The third-order valence-electron chi connectivity index (χ3n) is 3.72. The average molecular weight is 235 g/mol. The first-order valence-corrected chi connectivity index (χ1v) is 6.73. The molecule has 4 nitrogen and oxygen atoms in total. The van der Waals surface area contributed by atoms with Crippen molar-refractivity contribution in [2.75, 3.05) is 13.2 Å².